The molecule has 8 rings (SSSR count). The van der Waals surface area contributed by atoms with E-state index in [1.165, 1.54) is 16.2 Å². The van der Waals surface area contributed by atoms with Gasteiger partial charge in [0.25, 0.3) is 11.8 Å². The molecule has 6 aromatic rings. The summed E-state index contributed by atoms with van der Waals surface area (Å²) in [5.74, 6) is -0.466. The lowest BCUT2D eigenvalue weighted by Gasteiger charge is -2.32. The van der Waals surface area contributed by atoms with Gasteiger partial charge in [0.1, 0.15) is 11.3 Å². The smallest absolute Gasteiger partial charge is 0.297 e. The van der Waals surface area contributed by atoms with Gasteiger partial charge in [-0.1, -0.05) is 59.9 Å². The summed E-state index contributed by atoms with van der Waals surface area (Å²) in [4.78, 5) is 52.3. The summed E-state index contributed by atoms with van der Waals surface area (Å²) < 4.78 is 12.8. The van der Waals surface area contributed by atoms with Crippen LogP contribution in [0, 0.1) is 13.8 Å². The predicted molar refractivity (Wildman–Crippen MR) is 174 cm³/mol. The highest BCUT2D eigenvalue weighted by molar-refractivity contribution is 7.22. The van der Waals surface area contributed by atoms with Gasteiger partial charge in [0, 0.05) is 5.56 Å². The van der Waals surface area contributed by atoms with E-state index in [-0.39, 0.29) is 23.0 Å². The first-order valence-corrected chi connectivity index (χ1v) is 15.6. The number of aromatic nitrogens is 1. The number of hydrogen-bond acceptors (Lipinski definition) is 7. The van der Waals surface area contributed by atoms with Crippen molar-refractivity contribution in [1.29, 1.82) is 0 Å². The Morgan fingerprint density at radius 2 is 1.67 bits per heavy atom. The molecule has 0 saturated heterocycles. The molecule has 222 valence electrons. The van der Waals surface area contributed by atoms with Crippen LogP contribution in [0.3, 0.4) is 0 Å². The van der Waals surface area contributed by atoms with Crippen LogP contribution in [0.5, 0.6) is 5.75 Å². The Labute approximate surface area is 262 Å². The van der Waals surface area contributed by atoms with Gasteiger partial charge in [-0.3, -0.25) is 19.3 Å². The van der Waals surface area contributed by atoms with Crippen LogP contribution in [0.25, 0.3) is 21.2 Å². The van der Waals surface area contributed by atoms with Crippen molar-refractivity contribution >= 4 is 55.2 Å². The Bertz CT molecular complexity index is 2270. The first-order valence-electron chi connectivity index (χ1n) is 14.7. The highest BCUT2D eigenvalue weighted by Gasteiger charge is 2.66. The maximum absolute atomic E-state index is 15.2. The second kappa shape index (κ2) is 9.87. The lowest BCUT2D eigenvalue weighted by Crippen LogP contribution is -2.53. The van der Waals surface area contributed by atoms with Crippen molar-refractivity contribution in [3.8, 4) is 5.75 Å². The summed E-state index contributed by atoms with van der Waals surface area (Å²) >= 11 is 1.27. The number of thiazole rings is 1. The monoisotopic (exact) mass is 613 g/mol. The normalized spacial score (nSPS) is 17.1. The lowest BCUT2D eigenvalue weighted by atomic mass is 9.84. The molecular formula is C36H27N3O5S. The molecule has 2 aromatic heterocycles. The quantitative estimate of drug-likeness (QED) is 0.211. The molecule has 0 bridgehead atoms. The Morgan fingerprint density at radius 3 is 2.47 bits per heavy atom. The van der Waals surface area contributed by atoms with Crippen molar-refractivity contribution in [3.05, 3.63) is 129 Å². The first kappa shape index (κ1) is 27.3. The van der Waals surface area contributed by atoms with Crippen LogP contribution < -0.4 is 20.0 Å². The molecule has 2 amide bonds. The van der Waals surface area contributed by atoms with Crippen molar-refractivity contribution in [1.82, 2.24) is 4.98 Å². The van der Waals surface area contributed by atoms with E-state index in [4.69, 9.17) is 14.1 Å². The van der Waals surface area contributed by atoms with Crippen molar-refractivity contribution < 1.29 is 18.7 Å². The number of amides is 2. The fraction of sp³-hybridized carbons (Fsp3) is 0.167. The van der Waals surface area contributed by atoms with Crippen LogP contribution in [0.15, 0.2) is 94.1 Å². The van der Waals surface area contributed by atoms with Crippen LogP contribution in [-0.2, 0) is 16.9 Å². The summed E-state index contributed by atoms with van der Waals surface area (Å²) in [7, 11) is 0. The van der Waals surface area contributed by atoms with Gasteiger partial charge in [0.15, 0.2) is 16.1 Å². The number of benzene rings is 4. The summed E-state index contributed by atoms with van der Waals surface area (Å²) in [6.45, 7) is 6.51. The molecule has 4 heterocycles. The van der Waals surface area contributed by atoms with Crippen molar-refractivity contribution in [2.75, 3.05) is 16.4 Å². The Kier molecular flexibility index (Phi) is 5.98. The molecule has 1 unspecified atom stereocenters. The molecule has 2 aliphatic heterocycles. The number of carbonyl (C=O) groups excluding carboxylic acids is 2. The van der Waals surface area contributed by atoms with Crippen LogP contribution in [0.4, 0.5) is 10.8 Å². The first-order chi connectivity index (χ1) is 21.8. The molecule has 0 fully saturated rings. The average molecular weight is 614 g/mol. The van der Waals surface area contributed by atoms with E-state index in [0.717, 1.165) is 21.4 Å². The second-order valence-electron chi connectivity index (χ2n) is 11.4. The Morgan fingerprint density at radius 1 is 0.911 bits per heavy atom. The fourth-order valence-electron chi connectivity index (χ4n) is 6.59. The maximum atomic E-state index is 15.2. The Hall–Kier alpha value is -5.28. The van der Waals surface area contributed by atoms with E-state index >= 15 is 4.79 Å². The molecule has 1 spiro atoms. The molecular weight excluding hydrogens is 586 g/mol. The zero-order valence-electron chi connectivity index (χ0n) is 24.8. The number of hydrogen-bond donors (Lipinski definition) is 0. The minimum atomic E-state index is -1.82. The molecule has 2 aliphatic rings. The van der Waals surface area contributed by atoms with Gasteiger partial charge in [-0.15, -0.1) is 0 Å². The van der Waals surface area contributed by atoms with E-state index < -0.39 is 22.8 Å². The molecule has 8 nitrogen and oxygen atoms in total. The number of ether oxygens (including phenoxy) is 1. The SMILES string of the molecule is CCOc1ccc2nc(N3C(=O)c4oc5cc(C)c(C)cc5c(=O)c4C34C(=O)N(Cc3ccccc3)c3ccccc34)sc2c1. The van der Waals surface area contributed by atoms with Crippen molar-refractivity contribution in [2.45, 2.75) is 32.9 Å². The van der Waals surface area contributed by atoms with Gasteiger partial charge in [-0.2, -0.15) is 0 Å². The molecule has 0 radical (unpaired) electrons. The maximum Gasteiger partial charge on any atom is 0.297 e. The van der Waals surface area contributed by atoms with E-state index in [1.54, 1.807) is 17.0 Å². The van der Waals surface area contributed by atoms with Crippen molar-refractivity contribution in [2.24, 2.45) is 0 Å². The third-order valence-electron chi connectivity index (χ3n) is 8.77. The number of fused-ring (bicyclic) bond motifs is 6. The van der Waals surface area contributed by atoms with E-state index in [9.17, 15) is 9.59 Å². The van der Waals surface area contributed by atoms with Crippen molar-refractivity contribution in [3.63, 3.8) is 0 Å². The van der Waals surface area contributed by atoms with Gasteiger partial charge < -0.3 is 14.1 Å². The lowest BCUT2D eigenvalue weighted by molar-refractivity contribution is -0.121. The zero-order chi connectivity index (χ0) is 31.0. The van der Waals surface area contributed by atoms with Crippen LogP contribution in [0.2, 0.25) is 0 Å². The highest BCUT2D eigenvalue weighted by atomic mass is 32.1. The van der Waals surface area contributed by atoms with Gasteiger partial charge in [0.05, 0.1) is 40.0 Å². The van der Waals surface area contributed by atoms with E-state index in [2.05, 4.69) is 0 Å². The minimum Gasteiger partial charge on any atom is -0.494 e. The van der Waals surface area contributed by atoms with Crippen LogP contribution >= 0.6 is 11.3 Å². The molecule has 0 N–H and O–H groups in total. The molecule has 45 heavy (non-hydrogen) atoms. The summed E-state index contributed by atoms with van der Waals surface area (Å²) in [5, 5.41) is 0.610. The van der Waals surface area contributed by atoms with E-state index in [1.807, 2.05) is 93.6 Å². The number of rotatable bonds is 5. The number of para-hydroxylation sites is 1. The fourth-order valence-corrected chi connectivity index (χ4v) is 7.63. The van der Waals surface area contributed by atoms with Gasteiger partial charge in [0.2, 0.25) is 5.76 Å². The summed E-state index contributed by atoms with van der Waals surface area (Å²) in [5.41, 5.74) is 2.64. The molecule has 4 aromatic carbocycles. The minimum absolute atomic E-state index is 0.0190. The molecule has 1 atom stereocenters. The summed E-state index contributed by atoms with van der Waals surface area (Å²) in [6.07, 6.45) is 0. The number of nitrogens with zero attached hydrogens (tertiary/aromatic N) is 3. The summed E-state index contributed by atoms with van der Waals surface area (Å²) in [6, 6.07) is 26.1. The number of anilines is 2. The van der Waals surface area contributed by atoms with Gasteiger partial charge in [-0.05, 0) is 73.9 Å². The topological polar surface area (TPSA) is 93.0 Å². The third kappa shape index (κ3) is 3.77. The van der Waals surface area contributed by atoms with Crippen LogP contribution in [0.1, 0.15) is 45.3 Å². The second-order valence-corrected chi connectivity index (χ2v) is 12.4. The largest absolute Gasteiger partial charge is 0.494 e. The van der Waals surface area contributed by atoms with Gasteiger partial charge in [-0.25, -0.2) is 4.98 Å². The zero-order valence-corrected chi connectivity index (χ0v) is 25.6. The molecule has 0 aliphatic carbocycles. The molecule has 9 heteroatoms. The number of aryl methyl sites for hydroxylation is 2. The Balaban J connectivity index is 1.44. The molecule has 0 saturated carbocycles. The highest BCUT2D eigenvalue weighted by Crippen LogP contribution is 2.55. The predicted octanol–water partition coefficient (Wildman–Crippen LogP) is 6.87. The van der Waals surface area contributed by atoms with E-state index in [0.29, 0.717) is 40.1 Å². The average Bonchev–Trinajstić information content (AvgIpc) is 3.64. The van der Waals surface area contributed by atoms with Crippen LogP contribution in [-0.4, -0.2) is 23.4 Å². The number of carbonyl (C=O) groups is 2. The van der Waals surface area contributed by atoms with Gasteiger partial charge >= 0.3 is 0 Å². The standard InChI is InChI=1S/C36H27N3O5S/c1-4-43-23-14-15-26-29(18-23)45-35(37-26)39-33(41)32-30(31(40)24-16-20(2)21(3)17-28(24)44-32)36(39)25-12-8-9-13-27(25)38(34(36)42)19-22-10-6-5-7-11-22/h5-18H,4,19H2,1-3H3. The third-order valence-corrected chi connectivity index (χ3v) is 9.78.